The summed E-state index contributed by atoms with van der Waals surface area (Å²) in [5.74, 6) is 2.71. The van der Waals surface area contributed by atoms with Gasteiger partial charge in [-0.3, -0.25) is 10.3 Å². The van der Waals surface area contributed by atoms with E-state index in [9.17, 15) is 0 Å². The third kappa shape index (κ3) is 3.18. The van der Waals surface area contributed by atoms with E-state index in [0.29, 0.717) is 0 Å². The molecule has 0 saturated carbocycles. The van der Waals surface area contributed by atoms with Crippen LogP contribution < -0.4 is 5.32 Å². The van der Waals surface area contributed by atoms with E-state index in [0.717, 1.165) is 17.4 Å². The largest absolute Gasteiger partial charge is 0.289 e. The average molecular weight is 336 g/mol. The Morgan fingerprint density at radius 2 is 2.29 bits per heavy atom. The number of terminal acetylenes is 1. The molecule has 0 aliphatic carbocycles. The van der Waals surface area contributed by atoms with Crippen molar-refractivity contribution in [2.45, 2.75) is 17.0 Å². The third-order valence-electron chi connectivity index (χ3n) is 2.56. The van der Waals surface area contributed by atoms with Crippen LogP contribution in [0.25, 0.3) is 10.9 Å². The van der Waals surface area contributed by atoms with Crippen LogP contribution in [0.1, 0.15) is 12.5 Å². The predicted octanol–water partition coefficient (Wildman–Crippen LogP) is 3.11. The molecule has 1 aromatic carbocycles. The van der Waals surface area contributed by atoms with Crippen LogP contribution in [0.3, 0.4) is 0 Å². The summed E-state index contributed by atoms with van der Waals surface area (Å²) in [6.07, 6.45) is 7.24. The number of halogens is 1. The van der Waals surface area contributed by atoms with Gasteiger partial charge >= 0.3 is 0 Å². The van der Waals surface area contributed by atoms with Gasteiger partial charge in [0.05, 0.1) is 5.52 Å². The number of pyridine rings is 1. The second-order valence-corrected chi connectivity index (χ2v) is 6.19. The zero-order valence-electron chi connectivity index (χ0n) is 9.57. The molecule has 0 bridgehead atoms. The lowest BCUT2D eigenvalue weighted by Gasteiger charge is -2.17. The normalized spacial score (nSPS) is 14.2. The Bertz CT molecular complexity index is 570. The molecule has 3 heteroatoms. The first kappa shape index (κ1) is 12.3. The molecular formula is C14H13IN2. The van der Waals surface area contributed by atoms with Crippen LogP contribution in [0.2, 0.25) is 0 Å². The van der Waals surface area contributed by atoms with Crippen LogP contribution in [-0.2, 0) is 6.54 Å². The van der Waals surface area contributed by atoms with Crippen LogP contribution in [0, 0.1) is 12.3 Å². The van der Waals surface area contributed by atoms with Gasteiger partial charge in [-0.05, 0) is 53.3 Å². The molecule has 0 saturated heterocycles. The Kier molecular flexibility index (Phi) is 3.65. The van der Waals surface area contributed by atoms with E-state index in [1.807, 2.05) is 19.1 Å². The molecule has 0 aliphatic heterocycles. The van der Waals surface area contributed by atoms with Gasteiger partial charge in [-0.25, -0.2) is 0 Å². The van der Waals surface area contributed by atoms with Gasteiger partial charge in [0.15, 0.2) is 0 Å². The number of aromatic nitrogens is 1. The van der Waals surface area contributed by atoms with Crippen LogP contribution in [0.5, 0.6) is 0 Å². The molecule has 1 heterocycles. The second kappa shape index (κ2) is 5.03. The van der Waals surface area contributed by atoms with Gasteiger partial charge < -0.3 is 0 Å². The quantitative estimate of drug-likeness (QED) is 0.403. The van der Waals surface area contributed by atoms with Crippen molar-refractivity contribution in [1.29, 1.82) is 0 Å². The first-order valence-corrected chi connectivity index (χ1v) is 6.44. The smallest absolute Gasteiger partial charge is 0.129 e. The maximum atomic E-state index is 5.43. The van der Waals surface area contributed by atoms with E-state index in [1.54, 1.807) is 6.20 Å². The lowest BCUT2D eigenvalue weighted by Crippen LogP contribution is -2.33. The minimum atomic E-state index is -0.304. The third-order valence-corrected chi connectivity index (χ3v) is 3.26. The van der Waals surface area contributed by atoms with Crippen molar-refractivity contribution in [1.82, 2.24) is 10.3 Å². The molecule has 0 spiro atoms. The van der Waals surface area contributed by atoms with Crippen molar-refractivity contribution in [3.63, 3.8) is 0 Å². The van der Waals surface area contributed by atoms with Crippen LogP contribution in [0.4, 0.5) is 0 Å². The molecule has 0 fully saturated rings. The van der Waals surface area contributed by atoms with Crippen LogP contribution in [0.15, 0.2) is 36.5 Å². The molecule has 2 nitrogen and oxygen atoms in total. The Morgan fingerprint density at radius 1 is 1.47 bits per heavy atom. The summed E-state index contributed by atoms with van der Waals surface area (Å²) in [6, 6.07) is 10.3. The van der Waals surface area contributed by atoms with E-state index < -0.39 is 0 Å². The fraction of sp³-hybridized carbons (Fsp3) is 0.214. The molecule has 1 atom stereocenters. The maximum absolute atomic E-state index is 5.43. The summed E-state index contributed by atoms with van der Waals surface area (Å²) < 4.78 is -0.304. The van der Waals surface area contributed by atoms with Gasteiger partial charge in [0.1, 0.15) is 3.55 Å². The van der Waals surface area contributed by atoms with Crippen molar-refractivity contribution in [2.75, 3.05) is 0 Å². The minimum Gasteiger partial charge on any atom is -0.289 e. The number of hydrogen-bond acceptors (Lipinski definition) is 2. The SMILES string of the molecule is C#C[C@](C)(I)NCc1ccc2ncccc2c1. The molecule has 2 rings (SSSR count). The van der Waals surface area contributed by atoms with Crippen molar-refractivity contribution < 1.29 is 0 Å². The number of nitrogens with one attached hydrogen (secondary N) is 1. The highest BCUT2D eigenvalue weighted by Gasteiger charge is 2.14. The van der Waals surface area contributed by atoms with Crippen molar-refractivity contribution in [3.05, 3.63) is 42.1 Å². The Labute approximate surface area is 115 Å². The standard InChI is InChI=1S/C14H13IN2/c1-3-14(2,15)17-10-11-6-7-13-12(9-11)5-4-8-16-13/h1,4-9,17H,10H2,2H3/t14-/m1/s1. The van der Waals surface area contributed by atoms with Crippen molar-refractivity contribution in [3.8, 4) is 12.3 Å². The van der Waals surface area contributed by atoms with Gasteiger partial charge in [-0.2, -0.15) is 0 Å². The highest BCUT2D eigenvalue weighted by Crippen LogP contribution is 2.16. The summed E-state index contributed by atoms with van der Waals surface area (Å²) in [6.45, 7) is 2.74. The Hall–Kier alpha value is -1.12. The molecule has 2 aromatic rings. The molecular weight excluding hydrogens is 323 g/mol. The summed E-state index contributed by atoms with van der Waals surface area (Å²) in [5, 5.41) is 4.48. The van der Waals surface area contributed by atoms with E-state index in [4.69, 9.17) is 6.42 Å². The topological polar surface area (TPSA) is 24.9 Å². The van der Waals surface area contributed by atoms with Gasteiger partial charge in [0, 0.05) is 18.1 Å². The highest BCUT2D eigenvalue weighted by atomic mass is 127. The van der Waals surface area contributed by atoms with E-state index in [1.165, 1.54) is 5.56 Å². The van der Waals surface area contributed by atoms with Crippen molar-refractivity contribution in [2.24, 2.45) is 0 Å². The first-order chi connectivity index (χ1) is 8.11. The summed E-state index contributed by atoms with van der Waals surface area (Å²) in [4.78, 5) is 4.29. The summed E-state index contributed by atoms with van der Waals surface area (Å²) >= 11 is 2.22. The number of benzene rings is 1. The number of rotatable bonds is 3. The average Bonchev–Trinajstić information content (AvgIpc) is 2.36. The molecule has 0 unspecified atom stereocenters. The molecule has 1 aromatic heterocycles. The van der Waals surface area contributed by atoms with Gasteiger partial charge in [0.25, 0.3) is 0 Å². The highest BCUT2D eigenvalue weighted by molar-refractivity contribution is 14.1. The molecule has 0 aliphatic rings. The van der Waals surface area contributed by atoms with Gasteiger partial charge in [0.2, 0.25) is 0 Å². The number of alkyl halides is 1. The number of hydrogen-bond donors (Lipinski definition) is 1. The van der Waals surface area contributed by atoms with Crippen molar-refractivity contribution >= 4 is 33.5 Å². The van der Waals surface area contributed by atoms with E-state index in [2.05, 4.69) is 57.0 Å². The second-order valence-electron chi connectivity index (χ2n) is 4.03. The fourth-order valence-electron chi connectivity index (χ4n) is 1.55. The fourth-order valence-corrected chi connectivity index (χ4v) is 1.74. The number of fused-ring (bicyclic) bond motifs is 1. The summed E-state index contributed by atoms with van der Waals surface area (Å²) in [5.41, 5.74) is 2.23. The Morgan fingerprint density at radius 3 is 3.06 bits per heavy atom. The van der Waals surface area contributed by atoms with Gasteiger partial charge in [-0.1, -0.05) is 18.1 Å². The van der Waals surface area contributed by atoms with Crippen LogP contribution >= 0.6 is 22.6 Å². The predicted molar refractivity (Wildman–Crippen MR) is 79.8 cm³/mol. The zero-order valence-corrected chi connectivity index (χ0v) is 11.7. The Balaban J connectivity index is 2.18. The molecule has 1 N–H and O–H groups in total. The zero-order chi connectivity index (χ0) is 12.3. The molecule has 17 heavy (non-hydrogen) atoms. The summed E-state index contributed by atoms with van der Waals surface area (Å²) in [7, 11) is 0. The van der Waals surface area contributed by atoms with E-state index >= 15 is 0 Å². The van der Waals surface area contributed by atoms with Crippen LogP contribution in [-0.4, -0.2) is 8.53 Å². The first-order valence-electron chi connectivity index (χ1n) is 5.36. The lowest BCUT2D eigenvalue weighted by molar-refractivity contribution is 0.628. The lowest BCUT2D eigenvalue weighted by atomic mass is 10.1. The minimum absolute atomic E-state index is 0.304. The van der Waals surface area contributed by atoms with E-state index in [-0.39, 0.29) is 3.55 Å². The van der Waals surface area contributed by atoms with Gasteiger partial charge in [-0.15, -0.1) is 6.42 Å². The molecule has 86 valence electrons. The monoisotopic (exact) mass is 336 g/mol. The number of nitrogens with zero attached hydrogens (tertiary/aromatic N) is 1. The molecule has 0 amide bonds. The maximum Gasteiger partial charge on any atom is 0.129 e. The molecule has 0 radical (unpaired) electrons.